The van der Waals surface area contributed by atoms with Gasteiger partial charge in [0.2, 0.25) is 0 Å². The Bertz CT molecular complexity index is 164. The SMILES string of the molecule is CCOC(=O)[C@@H](N)C(C)(C)CF.Cl. The number of rotatable bonds is 4. The molecule has 0 aliphatic heterocycles. The van der Waals surface area contributed by atoms with Crippen LogP contribution in [-0.2, 0) is 9.53 Å². The predicted octanol–water partition coefficient (Wildman–Crippen LogP) is 1.29. The third-order valence-corrected chi connectivity index (χ3v) is 1.73. The molecule has 0 heterocycles. The molecule has 1 atom stereocenters. The molecule has 13 heavy (non-hydrogen) atoms. The van der Waals surface area contributed by atoms with E-state index in [1.54, 1.807) is 20.8 Å². The highest BCUT2D eigenvalue weighted by atomic mass is 35.5. The van der Waals surface area contributed by atoms with Gasteiger partial charge in [0.05, 0.1) is 13.3 Å². The van der Waals surface area contributed by atoms with Crippen LogP contribution in [0.15, 0.2) is 0 Å². The van der Waals surface area contributed by atoms with Crippen LogP contribution in [0.3, 0.4) is 0 Å². The summed E-state index contributed by atoms with van der Waals surface area (Å²) < 4.78 is 17.0. The van der Waals surface area contributed by atoms with Gasteiger partial charge in [0.25, 0.3) is 0 Å². The van der Waals surface area contributed by atoms with Gasteiger partial charge >= 0.3 is 5.97 Å². The average Bonchev–Trinajstić information content (AvgIpc) is 2.03. The number of nitrogens with two attached hydrogens (primary N) is 1. The van der Waals surface area contributed by atoms with Crippen molar-refractivity contribution < 1.29 is 13.9 Å². The number of carbonyl (C=O) groups excluding carboxylic acids is 1. The molecule has 0 aromatic rings. The lowest BCUT2D eigenvalue weighted by atomic mass is 9.86. The summed E-state index contributed by atoms with van der Waals surface area (Å²) in [6.45, 7) is 4.51. The van der Waals surface area contributed by atoms with Crippen molar-refractivity contribution in [1.29, 1.82) is 0 Å². The Morgan fingerprint density at radius 2 is 2.08 bits per heavy atom. The van der Waals surface area contributed by atoms with Crippen molar-refractivity contribution in [2.45, 2.75) is 26.8 Å². The van der Waals surface area contributed by atoms with Crippen molar-refractivity contribution >= 4 is 18.4 Å². The molecular weight excluding hydrogens is 197 g/mol. The first-order valence-corrected chi connectivity index (χ1v) is 3.94. The van der Waals surface area contributed by atoms with Crippen molar-refractivity contribution in [1.82, 2.24) is 0 Å². The van der Waals surface area contributed by atoms with E-state index in [2.05, 4.69) is 4.74 Å². The van der Waals surface area contributed by atoms with Gasteiger partial charge in [-0.25, -0.2) is 0 Å². The third kappa shape index (κ3) is 4.43. The monoisotopic (exact) mass is 213 g/mol. The minimum Gasteiger partial charge on any atom is -0.465 e. The summed E-state index contributed by atoms with van der Waals surface area (Å²) in [5, 5.41) is 0. The zero-order chi connectivity index (χ0) is 9.78. The number of hydrogen-bond acceptors (Lipinski definition) is 3. The first-order valence-electron chi connectivity index (χ1n) is 3.94. The van der Waals surface area contributed by atoms with E-state index in [0.717, 1.165) is 0 Å². The summed E-state index contributed by atoms with van der Waals surface area (Å²) >= 11 is 0. The number of esters is 1. The highest BCUT2D eigenvalue weighted by Crippen LogP contribution is 2.20. The van der Waals surface area contributed by atoms with Crippen LogP contribution < -0.4 is 5.73 Å². The highest BCUT2D eigenvalue weighted by molar-refractivity contribution is 5.85. The summed E-state index contributed by atoms with van der Waals surface area (Å²) in [4.78, 5) is 11.0. The molecular formula is C8H17ClFNO2. The van der Waals surface area contributed by atoms with Crippen molar-refractivity contribution in [3.63, 3.8) is 0 Å². The largest absolute Gasteiger partial charge is 0.465 e. The van der Waals surface area contributed by atoms with Crippen LogP contribution in [0.5, 0.6) is 0 Å². The number of alkyl halides is 1. The molecule has 0 fully saturated rings. The molecule has 0 radical (unpaired) electrons. The van der Waals surface area contributed by atoms with Gasteiger partial charge in [0, 0.05) is 5.41 Å². The Labute approximate surface area is 84.2 Å². The van der Waals surface area contributed by atoms with E-state index in [1.165, 1.54) is 0 Å². The number of carbonyl (C=O) groups is 1. The molecule has 2 N–H and O–H groups in total. The lowest BCUT2D eigenvalue weighted by molar-refractivity contribution is -0.147. The molecule has 5 heteroatoms. The normalized spacial score (nSPS) is 13.0. The average molecular weight is 214 g/mol. The van der Waals surface area contributed by atoms with Gasteiger partial charge in [0.15, 0.2) is 0 Å². The van der Waals surface area contributed by atoms with Crippen molar-refractivity contribution in [2.24, 2.45) is 11.1 Å². The molecule has 0 amide bonds. The Hall–Kier alpha value is -0.350. The summed E-state index contributed by atoms with van der Waals surface area (Å²) in [6.07, 6.45) is 0. The van der Waals surface area contributed by atoms with E-state index in [9.17, 15) is 9.18 Å². The van der Waals surface area contributed by atoms with Crippen LogP contribution in [0.2, 0.25) is 0 Å². The maximum atomic E-state index is 12.3. The summed E-state index contributed by atoms with van der Waals surface area (Å²) in [7, 11) is 0. The van der Waals surface area contributed by atoms with Gasteiger partial charge in [-0.3, -0.25) is 9.18 Å². The summed E-state index contributed by atoms with van der Waals surface area (Å²) in [5.41, 5.74) is 4.64. The van der Waals surface area contributed by atoms with Gasteiger partial charge in [-0.05, 0) is 6.92 Å². The minimum absolute atomic E-state index is 0. The van der Waals surface area contributed by atoms with Gasteiger partial charge < -0.3 is 10.5 Å². The van der Waals surface area contributed by atoms with Gasteiger partial charge in [-0.15, -0.1) is 12.4 Å². The second-order valence-corrected chi connectivity index (χ2v) is 3.35. The molecule has 3 nitrogen and oxygen atoms in total. The molecule has 0 aliphatic rings. The number of halogens is 2. The van der Waals surface area contributed by atoms with Crippen LogP contribution in [0, 0.1) is 5.41 Å². The Morgan fingerprint density at radius 1 is 1.62 bits per heavy atom. The second-order valence-electron chi connectivity index (χ2n) is 3.35. The van der Waals surface area contributed by atoms with E-state index < -0.39 is 24.1 Å². The Morgan fingerprint density at radius 3 is 2.38 bits per heavy atom. The predicted molar refractivity (Wildman–Crippen MR) is 51.6 cm³/mol. The summed E-state index contributed by atoms with van der Waals surface area (Å²) in [5.74, 6) is -0.542. The topological polar surface area (TPSA) is 52.3 Å². The van der Waals surface area contributed by atoms with Crippen LogP contribution in [-0.4, -0.2) is 25.3 Å². The van der Waals surface area contributed by atoms with Gasteiger partial charge in [0.1, 0.15) is 6.04 Å². The highest BCUT2D eigenvalue weighted by Gasteiger charge is 2.33. The fourth-order valence-electron chi connectivity index (χ4n) is 0.634. The van der Waals surface area contributed by atoms with Gasteiger partial charge in [-0.2, -0.15) is 0 Å². The Balaban J connectivity index is 0. The van der Waals surface area contributed by atoms with Crippen LogP contribution in [0.25, 0.3) is 0 Å². The Kier molecular flexibility index (Phi) is 7.17. The fourth-order valence-corrected chi connectivity index (χ4v) is 0.634. The lowest BCUT2D eigenvalue weighted by Gasteiger charge is -2.26. The minimum atomic E-state index is -0.887. The van der Waals surface area contributed by atoms with Crippen LogP contribution >= 0.6 is 12.4 Å². The first-order chi connectivity index (χ1) is 5.45. The van der Waals surface area contributed by atoms with Crippen molar-refractivity contribution in [3.05, 3.63) is 0 Å². The van der Waals surface area contributed by atoms with Gasteiger partial charge in [-0.1, -0.05) is 13.8 Å². The molecule has 0 aromatic heterocycles. The summed E-state index contributed by atoms with van der Waals surface area (Å²) in [6, 6.07) is -0.887. The molecule has 0 aliphatic carbocycles. The van der Waals surface area contributed by atoms with E-state index in [0.29, 0.717) is 0 Å². The smallest absolute Gasteiger partial charge is 0.323 e. The molecule has 0 unspecified atom stereocenters. The molecule has 0 aromatic carbocycles. The van der Waals surface area contributed by atoms with E-state index >= 15 is 0 Å². The molecule has 0 saturated carbocycles. The number of ether oxygens (including phenoxy) is 1. The first kappa shape index (κ1) is 15.1. The van der Waals surface area contributed by atoms with Crippen LogP contribution in [0.4, 0.5) is 4.39 Å². The van der Waals surface area contributed by atoms with E-state index in [-0.39, 0.29) is 19.0 Å². The molecule has 0 spiro atoms. The van der Waals surface area contributed by atoms with E-state index in [4.69, 9.17) is 5.73 Å². The molecule has 0 saturated heterocycles. The van der Waals surface area contributed by atoms with Crippen LogP contribution in [0.1, 0.15) is 20.8 Å². The standard InChI is InChI=1S/C8H16FNO2.ClH/c1-4-12-7(11)6(10)8(2,3)5-9;/h6H,4-5,10H2,1-3H3;1H/t6-;/m1./s1. The second kappa shape index (κ2) is 6.16. The molecule has 80 valence electrons. The molecule has 0 rings (SSSR count). The maximum absolute atomic E-state index is 12.3. The molecule has 0 bridgehead atoms. The lowest BCUT2D eigenvalue weighted by Crippen LogP contribution is -2.46. The quantitative estimate of drug-likeness (QED) is 0.717. The number of hydrogen-bond donors (Lipinski definition) is 1. The van der Waals surface area contributed by atoms with E-state index in [1.807, 2.05) is 0 Å². The van der Waals surface area contributed by atoms with Crippen molar-refractivity contribution in [3.8, 4) is 0 Å². The van der Waals surface area contributed by atoms with Crippen molar-refractivity contribution in [2.75, 3.05) is 13.3 Å². The zero-order valence-electron chi connectivity index (χ0n) is 8.17. The fraction of sp³-hybridized carbons (Fsp3) is 0.875. The maximum Gasteiger partial charge on any atom is 0.323 e. The zero-order valence-corrected chi connectivity index (χ0v) is 8.99. The third-order valence-electron chi connectivity index (χ3n) is 1.73.